The molecule has 3 heterocycles. The zero-order valence-electron chi connectivity index (χ0n) is 19.8. The zero-order chi connectivity index (χ0) is 24.1. The molecule has 1 fully saturated rings. The topological polar surface area (TPSA) is 65.6 Å². The first-order valence-electron chi connectivity index (χ1n) is 11.9. The van der Waals surface area contributed by atoms with E-state index in [4.69, 9.17) is 4.74 Å². The minimum absolute atomic E-state index is 0.000354. The number of aromatic amines is 1. The highest BCUT2D eigenvalue weighted by atomic mass is 16.5. The van der Waals surface area contributed by atoms with E-state index in [1.165, 1.54) is 5.56 Å². The number of ether oxygens (including phenoxy) is 1. The Bertz CT molecular complexity index is 1420. The summed E-state index contributed by atoms with van der Waals surface area (Å²) in [5.74, 6) is 0.717. The smallest absolute Gasteiger partial charge is 0.246 e. The molecule has 1 aromatic heterocycles. The van der Waals surface area contributed by atoms with Crippen molar-refractivity contribution >= 4 is 22.7 Å². The van der Waals surface area contributed by atoms with Gasteiger partial charge in [-0.2, -0.15) is 0 Å². The lowest BCUT2D eigenvalue weighted by Gasteiger charge is -2.47. The molecule has 2 amide bonds. The van der Waals surface area contributed by atoms with E-state index < -0.39 is 6.04 Å². The maximum Gasteiger partial charge on any atom is 0.246 e. The third-order valence-electron chi connectivity index (χ3n) is 7.27. The highest BCUT2D eigenvalue weighted by molar-refractivity contribution is 5.97. The van der Waals surface area contributed by atoms with E-state index in [1.807, 2.05) is 73.7 Å². The molecule has 2 atom stereocenters. The first-order chi connectivity index (χ1) is 17.0. The molecule has 1 unspecified atom stereocenters. The Morgan fingerprint density at radius 2 is 1.71 bits per heavy atom. The van der Waals surface area contributed by atoms with Crippen LogP contribution in [0.1, 0.15) is 34.0 Å². The van der Waals surface area contributed by atoms with Gasteiger partial charge in [-0.25, -0.2) is 0 Å². The summed E-state index contributed by atoms with van der Waals surface area (Å²) in [7, 11) is 1.64. The van der Waals surface area contributed by atoms with Crippen molar-refractivity contribution < 1.29 is 14.3 Å². The number of carbonyl (C=O) groups excluding carboxylic acids is 2. The Balaban J connectivity index is 1.43. The van der Waals surface area contributed by atoms with E-state index in [9.17, 15) is 9.59 Å². The maximum absolute atomic E-state index is 13.8. The number of amides is 2. The molecule has 1 N–H and O–H groups in total. The molecule has 0 bridgehead atoms. The van der Waals surface area contributed by atoms with Gasteiger partial charge in [0.05, 0.1) is 13.2 Å². The number of benzene rings is 3. The van der Waals surface area contributed by atoms with Gasteiger partial charge in [0, 0.05) is 29.6 Å². The minimum atomic E-state index is -0.541. The quantitative estimate of drug-likeness (QED) is 0.487. The molecule has 6 heteroatoms. The number of nitrogens with zero attached hydrogens (tertiary/aromatic N) is 2. The summed E-state index contributed by atoms with van der Waals surface area (Å²) in [4.78, 5) is 34.6. The normalized spacial score (nSPS) is 19.6. The molecule has 0 spiro atoms. The third-order valence-corrected chi connectivity index (χ3v) is 7.27. The van der Waals surface area contributed by atoms with Crippen LogP contribution in [0.3, 0.4) is 0 Å². The predicted molar refractivity (Wildman–Crippen MR) is 134 cm³/mol. The van der Waals surface area contributed by atoms with Gasteiger partial charge < -0.3 is 19.5 Å². The summed E-state index contributed by atoms with van der Waals surface area (Å²) in [6, 6.07) is 23.2. The summed E-state index contributed by atoms with van der Waals surface area (Å²) < 4.78 is 5.35. The van der Waals surface area contributed by atoms with Crippen molar-refractivity contribution in [3.63, 3.8) is 0 Å². The van der Waals surface area contributed by atoms with Crippen LogP contribution in [0.2, 0.25) is 0 Å². The Labute approximate surface area is 204 Å². The number of para-hydroxylation sites is 1. The van der Waals surface area contributed by atoms with Gasteiger partial charge in [0.2, 0.25) is 11.8 Å². The lowest BCUT2D eigenvalue weighted by molar-refractivity contribution is -0.159. The number of nitrogens with one attached hydrogen (secondary N) is 1. The largest absolute Gasteiger partial charge is 0.497 e. The highest BCUT2D eigenvalue weighted by Crippen LogP contribution is 2.42. The lowest BCUT2D eigenvalue weighted by atomic mass is 9.86. The lowest BCUT2D eigenvalue weighted by Crippen LogP contribution is -2.62. The Kier molecular flexibility index (Phi) is 5.10. The molecular formula is C29H27N3O3. The Hall–Kier alpha value is -4.06. The number of hydrogen-bond donors (Lipinski definition) is 1. The molecule has 1 saturated heterocycles. The van der Waals surface area contributed by atoms with E-state index in [1.54, 1.807) is 16.9 Å². The molecule has 2 aliphatic heterocycles. The van der Waals surface area contributed by atoms with Crippen molar-refractivity contribution in [2.45, 2.75) is 32.0 Å². The fraction of sp³-hybridized carbons (Fsp3) is 0.241. The minimum Gasteiger partial charge on any atom is -0.497 e. The fourth-order valence-corrected chi connectivity index (χ4v) is 5.50. The van der Waals surface area contributed by atoms with Gasteiger partial charge >= 0.3 is 0 Å². The predicted octanol–water partition coefficient (Wildman–Crippen LogP) is 4.37. The van der Waals surface area contributed by atoms with Gasteiger partial charge in [0.25, 0.3) is 0 Å². The average Bonchev–Trinajstić information content (AvgIpc) is 3.26. The van der Waals surface area contributed by atoms with Gasteiger partial charge in [-0.1, -0.05) is 60.2 Å². The number of aromatic nitrogens is 1. The van der Waals surface area contributed by atoms with E-state index in [2.05, 4.69) is 11.1 Å². The van der Waals surface area contributed by atoms with Crippen LogP contribution in [0.4, 0.5) is 0 Å². The number of carbonyl (C=O) groups is 2. The molecule has 3 aromatic carbocycles. The molecule has 0 radical (unpaired) electrons. The first kappa shape index (κ1) is 21.5. The summed E-state index contributed by atoms with van der Waals surface area (Å²) >= 11 is 0. The molecule has 176 valence electrons. The molecule has 4 aromatic rings. The van der Waals surface area contributed by atoms with Gasteiger partial charge in [0.1, 0.15) is 18.3 Å². The Morgan fingerprint density at radius 1 is 0.971 bits per heavy atom. The van der Waals surface area contributed by atoms with E-state index in [0.29, 0.717) is 13.0 Å². The van der Waals surface area contributed by atoms with Crippen LogP contribution in [-0.4, -0.2) is 46.3 Å². The van der Waals surface area contributed by atoms with Gasteiger partial charge in [-0.15, -0.1) is 0 Å². The second kappa shape index (κ2) is 8.31. The number of aryl methyl sites for hydroxylation is 1. The molecule has 2 aliphatic rings. The molecule has 0 saturated carbocycles. The van der Waals surface area contributed by atoms with Crippen molar-refractivity contribution in [3.8, 4) is 5.75 Å². The van der Waals surface area contributed by atoms with Crippen molar-refractivity contribution in [2.24, 2.45) is 0 Å². The standard InChI is InChI=1S/C29H27N3O3/c1-18-7-9-19(10-8-18)16-31-17-26(33)32-25(29(31)34)15-23-22-5-3-4-6-24(22)30-27(23)28(32)20-11-13-21(35-2)14-12-20/h3-14,25,28,30H,15-17H2,1-2H3/t25-,28?/m1/s1. The molecule has 35 heavy (non-hydrogen) atoms. The van der Waals surface area contributed by atoms with Gasteiger partial charge in [-0.05, 0) is 41.8 Å². The average molecular weight is 466 g/mol. The molecule has 0 aliphatic carbocycles. The highest BCUT2D eigenvalue weighted by Gasteiger charge is 2.48. The SMILES string of the molecule is COc1ccc(C2c3[nH]c4ccccc4c3C[C@@H]3C(=O)N(Cc4ccc(C)cc4)CC(=O)N23)cc1. The van der Waals surface area contributed by atoms with E-state index in [-0.39, 0.29) is 24.4 Å². The van der Waals surface area contributed by atoms with Crippen LogP contribution in [0.15, 0.2) is 72.8 Å². The van der Waals surface area contributed by atoms with Crippen LogP contribution in [0.25, 0.3) is 10.9 Å². The number of H-pyrrole nitrogens is 1. The van der Waals surface area contributed by atoms with Crippen molar-refractivity contribution in [3.05, 3.63) is 101 Å². The molecule has 6 nitrogen and oxygen atoms in total. The number of methoxy groups -OCH3 is 1. The van der Waals surface area contributed by atoms with Crippen LogP contribution in [-0.2, 0) is 22.6 Å². The van der Waals surface area contributed by atoms with E-state index in [0.717, 1.165) is 39.0 Å². The van der Waals surface area contributed by atoms with Crippen molar-refractivity contribution in [1.29, 1.82) is 0 Å². The summed E-state index contributed by atoms with van der Waals surface area (Å²) in [6.07, 6.45) is 0.501. The summed E-state index contributed by atoms with van der Waals surface area (Å²) in [5.41, 5.74) is 6.27. The number of hydrogen-bond acceptors (Lipinski definition) is 3. The monoisotopic (exact) mass is 465 g/mol. The molecular weight excluding hydrogens is 438 g/mol. The van der Waals surface area contributed by atoms with Crippen molar-refractivity contribution in [1.82, 2.24) is 14.8 Å². The van der Waals surface area contributed by atoms with E-state index >= 15 is 0 Å². The second-order valence-electron chi connectivity index (χ2n) is 9.44. The number of piperazine rings is 1. The Morgan fingerprint density at radius 3 is 2.46 bits per heavy atom. The maximum atomic E-state index is 13.8. The summed E-state index contributed by atoms with van der Waals surface area (Å²) in [6.45, 7) is 2.55. The number of fused-ring (bicyclic) bond motifs is 4. The second-order valence-corrected chi connectivity index (χ2v) is 9.44. The third kappa shape index (κ3) is 3.57. The molecule has 6 rings (SSSR count). The van der Waals surface area contributed by atoms with Crippen LogP contribution in [0.5, 0.6) is 5.75 Å². The summed E-state index contributed by atoms with van der Waals surface area (Å²) in [5, 5.41) is 1.11. The van der Waals surface area contributed by atoms with Gasteiger partial charge in [-0.3, -0.25) is 9.59 Å². The fourth-order valence-electron chi connectivity index (χ4n) is 5.50. The zero-order valence-corrected chi connectivity index (χ0v) is 19.8. The van der Waals surface area contributed by atoms with Gasteiger partial charge in [0.15, 0.2) is 0 Å². The van der Waals surface area contributed by atoms with Crippen LogP contribution >= 0.6 is 0 Å². The van der Waals surface area contributed by atoms with Crippen LogP contribution < -0.4 is 4.74 Å². The first-order valence-corrected chi connectivity index (χ1v) is 11.9. The van der Waals surface area contributed by atoms with Crippen LogP contribution in [0, 0.1) is 6.92 Å². The number of rotatable bonds is 4. The van der Waals surface area contributed by atoms with Crippen molar-refractivity contribution in [2.75, 3.05) is 13.7 Å².